The van der Waals surface area contributed by atoms with Gasteiger partial charge in [-0.2, -0.15) is 0 Å². The Morgan fingerprint density at radius 3 is 2.88 bits per heavy atom. The average Bonchev–Trinajstić information content (AvgIpc) is 3.05. The van der Waals surface area contributed by atoms with Gasteiger partial charge in [0.15, 0.2) is 0 Å². The minimum Gasteiger partial charge on any atom is -0.444 e. The fourth-order valence-corrected chi connectivity index (χ4v) is 3.37. The van der Waals surface area contributed by atoms with Crippen LogP contribution in [0.1, 0.15) is 39.3 Å². The highest BCUT2D eigenvalue weighted by atomic mass is 35.5. The first kappa shape index (κ1) is 17.0. The minimum absolute atomic E-state index is 0.0999. The predicted octanol–water partition coefficient (Wildman–Crippen LogP) is 3.79. The molecule has 0 aromatic carbocycles. The maximum absolute atomic E-state index is 12.5. The third kappa shape index (κ3) is 3.34. The third-order valence-corrected chi connectivity index (χ3v) is 4.55. The van der Waals surface area contributed by atoms with E-state index in [2.05, 4.69) is 14.5 Å². The first-order chi connectivity index (χ1) is 11.3. The molecule has 0 unspecified atom stereocenters. The topological polar surface area (TPSA) is 60.2 Å². The molecule has 2 aromatic rings. The van der Waals surface area contributed by atoms with Gasteiger partial charge in [-0.05, 0) is 46.6 Å². The number of hydrogen-bond donors (Lipinski definition) is 0. The highest BCUT2D eigenvalue weighted by Gasteiger charge is 2.32. The van der Waals surface area contributed by atoms with Crippen LogP contribution in [0.3, 0.4) is 0 Å². The van der Waals surface area contributed by atoms with Crippen LogP contribution in [-0.4, -0.2) is 43.7 Å². The zero-order valence-corrected chi connectivity index (χ0v) is 15.3. The molecule has 3 rings (SSSR count). The third-order valence-electron chi connectivity index (χ3n) is 4.25. The SMILES string of the molecule is Cc1cc2c(Cl)ncnc2n1C[C@@H]1CCCN1C(=O)OC(C)(C)C. The summed E-state index contributed by atoms with van der Waals surface area (Å²) >= 11 is 6.16. The molecule has 1 atom stereocenters. The standard InChI is InChI=1S/C17H23ClN4O2/c1-11-8-13-14(18)19-10-20-15(13)22(11)9-12-6-5-7-21(12)16(23)24-17(2,3)4/h8,10,12H,5-7,9H2,1-4H3/t12-/m0/s1. The van der Waals surface area contributed by atoms with Crippen molar-refractivity contribution in [3.05, 3.63) is 23.2 Å². The van der Waals surface area contributed by atoms with Gasteiger partial charge < -0.3 is 14.2 Å². The average molecular weight is 351 g/mol. The second-order valence-electron chi connectivity index (χ2n) is 7.27. The number of carbonyl (C=O) groups is 1. The number of amides is 1. The lowest BCUT2D eigenvalue weighted by Crippen LogP contribution is -2.41. The van der Waals surface area contributed by atoms with Crippen molar-refractivity contribution < 1.29 is 9.53 Å². The summed E-state index contributed by atoms with van der Waals surface area (Å²) in [7, 11) is 0. The summed E-state index contributed by atoms with van der Waals surface area (Å²) in [5.74, 6) is 0. The maximum Gasteiger partial charge on any atom is 0.410 e. The van der Waals surface area contributed by atoms with Gasteiger partial charge in [-0.1, -0.05) is 11.6 Å². The first-order valence-electron chi connectivity index (χ1n) is 8.22. The Labute approximate surface area is 146 Å². The van der Waals surface area contributed by atoms with Gasteiger partial charge >= 0.3 is 6.09 Å². The Bertz CT molecular complexity index is 766. The van der Waals surface area contributed by atoms with E-state index in [4.69, 9.17) is 16.3 Å². The van der Waals surface area contributed by atoms with Crippen LogP contribution in [0.5, 0.6) is 0 Å². The molecule has 0 bridgehead atoms. The fraction of sp³-hybridized carbons (Fsp3) is 0.588. The minimum atomic E-state index is -0.485. The van der Waals surface area contributed by atoms with Gasteiger partial charge in [-0.15, -0.1) is 0 Å². The van der Waals surface area contributed by atoms with Gasteiger partial charge in [0.2, 0.25) is 0 Å². The van der Waals surface area contributed by atoms with Crippen LogP contribution in [0.2, 0.25) is 5.15 Å². The molecule has 7 heteroatoms. The molecule has 0 radical (unpaired) electrons. The lowest BCUT2D eigenvalue weighted by molar-refractivity contribution is 0.0214. The quantitative estimate of drug-likeness (QED) is 0.773. The molecular formula is C17H23ClN4O2. The second-order valence-corrected chi connectivity index (χ2v) is 7.63. The molecule has 1 saturated heterocycles. The molecule has 0 spiro atoms. The van der Waals surface area contributed by atoms with E-state index in [0.29, 0.717) is 11.7 Å². The van der Waals surface area contributed by atoms with Crippen LogP contribution in [0.4, 0.5) is 4.79 Å². The van der Waals surface area contributed by atoms with E-state index in [9.17, 15) is 4.79 Å². The predicted molar refractivity (Wildman–Crippen MR) is 93.2 cm³/mol. The van der Waals surface area contributed by atoms with E-state index in [1.165, 1.54) is 6.33 Å². The zero-order chi connectivity index (χ0) is 17.5. The summed E-state index contributed by atoms with van der Waals surface area (Å²) in [4.78, 5) is 22.7. The Morgan fingerprint density at radius 1 is 1.42 bits per heavy atom. The van der Waals surface area contributed by atoms with Crippen molar-refractivity contribution in [2.45, 2.75) is 58.7 Å². The molecular weight excluding hydrogens is 328 g/mol. The van der Waals surface area contributed by atoms with Gasteiger partial charge in [0.1, 0.15) is 22.7 Å². The van der Waals surface area contributed by atoms with Crippen LogP contribution in [0.15, 0.2) is 12.4 Å². The highest BCUT2D eigenvalue weighted by Crippen LogP contribution is 2.27. The Hall–Kier alpha value is -1.82. The smallest absolute Gasteiger partial charge is 0.410 e. The van der Waals surface area contributed by atoms with E-state index in [0.717, 1.165) is 36.1 Å². The number of rotatable bonds is 2. The van der Waals surface area contributed by atoms with Gasteiger partial charge in [-0.25, -0.2) is 14.8 Å². The summed E-state index contributed by atoms with van der Waals surface area (Å²) in [6.07, 6.45) is 3.17. The number of ether oxygens (including phenoxy) is 1. The largest absolute Gasteiger partial charge is 0.444 e. The number of fused-ring (bicyclic) bond motifs is 1. The molecule has 3 heterocycles. The first-order valence-corrected chi connectivity index (χ1v) is 8.60. The van der Waals surface area contributed by atoms with Crippen molar-refractivity contribution in [3.63, 3.8) is 0 Å². The highest BCUT2D eigenvalue weighted by molar-refractivity contribution is 6.33. The Kier molecular flexibility index (Phi) is 4.42. The summed E-state index contributed by atoms with van der Waals surface area (Å²) in [6, 6.07) is 2.09. The molecule has 24 heavy (non-hydrogen) atoms. The summed E-state index contributed by atoms with van der Waals surface area (Å²) in [5.41, 5.74) is 1.38. The van der Waals surface area contributed by atoms with Gasteiger partial charge in [-0.3, -0.25) is 0 Å². The maximum atomic E-state index is 12.5. The number of likely N-dealkylation sites (tertiary alicyclic amines) is 1. The molecule has 0 N–H and O–H groups in total. The number of aromatic nitrogens is 3. The summed E-state index contributed by atoms with van der Waals surface area (Å²) in [5, 5.41) is 1.30. The molecule has 0 aliphatic carbocycles. The number of aryl methyl sites for hydroxylation is 1. The lowest BCUT2D eigenvalue weighted by atomic mass is 10.2. The number of carbonyl (C=O) groups excluding carboxylic acids is 1. The van der Waals surface area contributed by atoms with Gasteiger partial charge in [0, 0.05) is 18.8 Å². The van der Waals surface area contributed by atoms with Crippen molar-refractivity contribution in [2.75, 3.05) is 6.54 Å². The molecule has 1 aliphatic rings. The number of halogens is 1. The normalized spacial score (nSPS) is 18.4. The molecule has 1 amide bonds. The van der Waals surface area contributed by atoms with Gasteiger partial charge in [0.25, 0.3) is 0 Å². The Morgan fingerprint density at radius 2 is 2.17 bits per heavy atom. The molecule has 1 fully saturated rings. The molecule has 1 aliphatic heterocycles. The van der Waals surface area contributed by atoms with Gasteiger partial charge in [0.05, 0.1) is 11.4 Å². The van der Waals surface area contributed by atoms with Crippen LogP contribution in [-0.2, 0) is 11.3 Å². The van der Waals surface area contributed by atoms with Crippen molar-refractivity contribution in [1.82, 2.24) is 19.4 Å². The summed E-state index contributed by atoms with van der Waals surface area (Å²) < 4.78 is 7.65. The fourth-order valence-electron chi connectivity index (χ4n) is 3.19. The monoisotopic (exact) mass is 350 g/mol. The van der Waals surface area contributed by atoms with E-state index in [1.54, 1.807) is 0 Å². The van der Waals surface area contributed by atoms with E-state index in [-0.39, 0.29) is 12.1 Å². The van der Waals surface area contributed by atoms with Crippen LogP contribution in [0.25, 0.3) is 11.0 Å². The number of nitrogens with zero attached hydrogens (tertiary/aromatic N) is 4. The van der Waals surface area contributed by atoms with E-state index >= 15 is 0 Å². The van der Waals surface area contributed by atoms with E-state index in [1.807, 2.05) is 38.7 Å². The van der Waals surface area contributed by atoms with Crippen molar-refractivity contribution in [2.24, 2.45) is 0 Å². The Balaban J connectivity index is 1.84. The molecule has 2 aromatic heterocycles. The van der Waals surface area contributed by atoms with E-state index < -0.39 is 5.60 Å². The van der Waals surface area contributed by atoms with Crippen LogP contribution in [0, 0.1) is 6.92 Å². The molecule has 0 saturated carbocycles. The van der Waals surface area contributed by atoms with Crippen molar-refractivity contribution in [1.29, 1.82) is 0 Å². The number of hydrogen-bond acceptors (Lipinski definition) is 4. The molecule has 6 nitrogen and oxygen atoms in total. The van der Waals surface area contributed by atoms with Crippen LogP contribution < -0.4 is 0 Å². The zero-order valence-electron chi connectivity index (χ0n) is 14.5. The van der Waals surface area contributed by atoms with Crippen molar-refractivity contribution in [3.8, 4) is 0 Å². The van der Waals surface area contributed by atoms with Crippen LogP contribution >= 0.6 is 11.6 Å². The summed E-state index contributed by atoms with van der Waals surface area (Å²) in [6.45, 7) is 9.09. The van der Waals surface area contributed by atoms with Crippen molar-refractivity contribution >= 4 is 28.7 Å². The lowest BCUT2D eigenvalue weighted by Gasteiger charge is -2.29. The second kappa shape index (κ2) is 6.24. The molecule has 130 valence electrons.